The molecule has 0 atom stereocenters. The minimum atomic E-state index is -0.555. The van der Waals surface area contributed by atoms with Crippen LogP contribution in [0.4, 0.5) is 0 Å². The molecule has 0 heterocycles. The van der Waals surface area contributed by atoms with Crippen molar-refractivity contribution in [3.63, 3.8) is 0 Å². The van der Waals surface area contributed by atoms with Crippen molar-refractivity contribution in [2.45, 2.75) is 13.5 Å². The molecule has 1 aromatic carbocycles. The summed E-state index contributed by atoms with van der Waals surface area (Å²) in [5, 5.41) is 2.52. The van der Waals surface area contributed by atoms with Gasteiger partial charge in [-0.25, -0.2) is 0 Å². The van der Waals surface area contributed by atoms with Crippen LogP contribution in [0.25, 0.3) is 0 Å². The van der Waals surface area contributed by atoms with Gasteiger partial charge >= 0.3 is 0 Å². The number of carbonyl (C=O) groups is 2. The fourth-order valence-corrected chi connectivity index (χ4v) is 1.37. The maximum atomic E-state index is 11.0. The standard InChI is InChI=1S/C10H10BrNO2/c1-7(13)10(14)12-6-8-4-2-3-5-9(8)11/h2-5H,6H2,1H3,(H,12,14). The average Bonchev–Trinajstić information content (AvgIpc) is 2.16. The Labute approximate surface area is 90.6 Å². The number of ketones is 1. The Balaban J connectivity index is 2.58. The first-order chi connectivity index (χ1) is 6.61. The summed E-state index contributed by atoms with van der Waals surface area (Å²) in [5.41, 5.74) is 0.946. The number of hydrogen-bond donors (Lipinski definition) is 1. The van der Waals surface area contributed by atoms with Crippen LogP contribution in [0.5, 0.6) is 0 Å². The van der Waals surface area contributed by atoms with E-state index in [9.17, 15) is 9.59 Å². The molecule has 0 aliphatic carbocycles. The highest BCUT2D eigenvalue weighted by Gasteiger charge is 2.06. The summed E-state index contributed by atoms with van der Waals surface area (Å²) in [4.78, 5) is 21.6. The van der Waals surface area contributed by atoms with Crippen LogP contribution in [0.2, 0.25) is 0 Å². The first-order valence-corrected chi connectivity index (χ1v) is 4.92. The quantitative estimate of drug-likeness (QED) is 0.836. The molecule has 74 valence electrons. The van der Waals surface area contributed by atoms with E-state index in [1.54, 1.807) is 0 Å². The molecular formula is C10H10BrNO2. The summed E-state index contributed by atoms with van der Waals surface area (Å²) >= 11 is 3.35. The third-order valence-corrected chi connectivity index (χ3v) is 2.49. The lowest BCUT2D eigenvalue weighted by Crippen LogP contribution is -2.28. The lowest BCUT2D eigenvalue weighted by Gasteiger charge is -2.04. The number of halogens is 1. The summed E-state index contributed by atoms with van der Waals surface area (Å²) in [6.45, 7) is 1.61. The van der Waals surface area contributed by atoms with E-state index in [0.29, 0.717) is 6.54 Å². The van der Waals surface area contributed by atoms with Crippen molar-refractivity contribution in [1.29, 1.82) is 0 Å². The van der Waals surface area contributed by atoms with Crippen molar-refractivity contribution in [3.05, 3.63) is 34.3 Å². The van der Waals surface area contributed by atoms with Crippen LogP contribution in [0.15, 0.2) is 28.7 Å². The Morgan fingerprint density at radius 2 is 2.00 bits per heavy atom. The zero-order valence-corrected chi connectivity index (χ0v) is 9.30. The molecule has 0 unspecified atom stereocenters. The van der Waals surface area contributed by atoms with Gasteiger partial charge in [0.15, 0.2) is 0 Å². The maximum Gasteiger partial charge on any atom is 0.287 e. The monoisotopic (exact) mass is 255 g/mol. The van der Waals surface area contributed by atoms with E-state index in [2.05, 4.69) is 21.2 Å². The lowest BCUT2D eigenvalue weighted by atomic mass is 10.2. The lowest BCUT2D eigenvalue weighted by molar-refractivity contribution is -0.136. The molecule has 0 saturated heterocycles. The molecule has 3 nitrogen and oxygen atoms in total. The third kappa shape index (κ3) is 2.96. The minimum Gasteiger partial charge on any atom is -0.345 e. The van der Waals surface area contributed by atoms with Crippen LogP contribution < -0.4 is 5.32 Å². The Kier molecular flexibility index (Phi) is 3.83. The van der Waals surface area contributed by atoms with Crippen LogP contribution in [0.1, 0.15) is 12.5 Å². The largest absolute Gasteiger partial charge is 0.345 e. The molecule has 0 fully saturated rings. The summed E-state index contributed by atoms with van der Waals surface area (Å²) in [6, 6.07) is 7.53. The summed E-state index contributed by atoms with van der Waals surface area (Å²) in [5.74, 6) is -1.03. The van der Waals surface area contributed by atoms with Crippen LogP contribution in [0.3, 0.4) is 0 Å². The molecule has 1 N–H and O–H groups in total. The highest BCUT2D eigenvalue weighted by Crippen LogP contribution is 2.15. The number of hydrogen-bond acceptors (Lipinski definition) is 2. The maximum absolute atomic E-state index is 11.0. The molecular weight excluding hydrogens is 246 g/mol. The van der Waals surface area contributed by atoms with E-state index in [-0.39, 0.29) is 0 Å². The molecule has 14 heavy (non-hydrogen) atoms. The second kappa shape index (κ2) is 4.91. The number of amides is 1. The van der Waals surface area contributed by atoms with Gasteiger partial charge in [0.25, 0.3) is 5.91 Å². The first kappa shape index (κ1) is 10.9. The number of nitrogens with one attached hydrogen (secondary N) is 1. The van der Waals surface area contributed by atoms with Crippen molar-refractivity contribution in [3.8, 4) is 0 Å². The smallest absolute Gasteiger partial charge is 0.287 e. The van der Waals surface area contributed by atoms with Crippen LogP contribution >= 0.6 is 15.9 Å². The van der Waals surface area contributed by atoms with Gasteiger partial charge in [-0.15, -0.1) is 0 Å². The first-order valence-electron chi connectivity index (χ1n) is 4.13. The van der Waals surface area contributed by atoms with Crippen LogP contribution in [-0.4, -0.2) is 11.7 Å². The van der Waals surface area contributed by atoms with Gasteiger partial charge in [0.1, 0.15) is 0 Å². The van der Waals surface area contributed by atoms with Crippen molar-refractivity contribution in [2.24, 2.45) is 0 Å². The van der Waals surface area contributed by atoms with Crippen LogP contribution in [0, 0.1) is 0 Å². The number of Topliss-reactive ketones (excluding diaryl/α,β-unsaturated/α-hetero) is 1. The van der Waals surface area contributed by atoms with Gasteiger partial charge in [0.2, 0.25) is 5.78 Å². The third-order valence-electron chi connectivity index (χ3n) is 1.72. The normalized spacial score (nSPS) is 9.57. The van der Waals surface area contributed by atoms with Gasteiger partial charge in [-0.3, -0.25) is 9.59 Å². The molecule has 1 amide bonds. The van der Waals surface area contributed by atoms with Crippen LogP contribution in [-0.2, 0) is 16.1 Å². The van der Waals surface area contributed by atoms with Crippen molar-refractivity contribution >= 4 is 27.6 Å². The zero-order chi connectivity index (χ0) is 10.6. The van der Waals surface area contributed by atoms with Gasteiger partial charge in [-0.05, 0) is 11.6 Å². The highest BCUT2D eigenvalue weighted by molar-refractivity contribution is 9.10. The van der Waals surface area contributed by atoms with Gasteiger partial charge < -0.3 is 5.32 Å². The van der Waals surface area contributed by atoms with Crippen molar-refractivity contribution < 1.29 is 9.59 Å². The highest BCUT2D eigenvalue weighted by atomic mass is 79.9. The minimum absolute atomic E-state index is 0.361. The van der Waals surface area contributed by atoms with Crippen molar-refractivity contribution in [2.75, 3.05) is 0 Å². The Morgan fingerprint density at radius 3 is 2.57 bits per heavy atom. The molecule has 0 radical (unpaired) electrons. The van der Waals surface area contributed by atoms with Crippen molar-refractivity contribution in [1.82, 2.24) is 5.32 Å². The number of benzene rings is 1. The SMILES string of the molecule is CC(=O)C(=O)NCc1ccccc1Br. The van der Waals surface area contributed by atoms with E-state index in [1.807, 2.05) is 24.3 Å². The topological polar surface area (TPSA) is 46.2 Å². The molecule has 1 aromatic rings. The average molecular weight is 256 g/mol. The van der Waals surface area contributed by atoms with Gasteiger partial charge in [-0.2, -0.15) is 0 Å². The Bertz CT molecular complexity index is 363. The molecule has 4 heteroatoms. The second-order valence-electron chi connectivity index (χ2n) is 2.83. The second-order valence-corrected chi connectivity index (χ2v) is 3.68. The zero-order valence-electron chi connectivity index (χ0n) is 7.71. The summed E-state index contributed by atoms with van der Waals surface area (Å²) in [7, 11) is 0. The van der Waals surface area contributed by atoms with E-state index in [0.717, 1.165) is 10.0 Å². The van der Waals surface area contributed by atoms with E-state index < -0.39 is 11.7 Å². The molecule has 0 aliphatic heterocycles. The summed E-state index contributed by atoms with van der Waals surface area (Å²) < 4.78 is 0.920. The number of carbonyl (C=O) groups excluding carboxylic acids is 2. The predicted molar refractivity (Wildman–Crippen MR) is 56.7 cm³/mol. The van der Waals surface area contributed by atoms with Gasteiger partial charge in [0.05, 0.1) is 0 Å². The Morgan fingerprint density at radius 1 is 1.36 bits per heavy atom. The van der Waals surface area contributed by atoms with E-state index in [4.69, 9.17) is 0 Å². The number of rotatable bonds is 3. The molecule has 1 rings (SSSR count). The summed E-state index contributed by atoms with van der Waals surface area (Å²) in [6.07, 6.45) is 0. The van der Waals surface area contributed by atoms with Gasteiger partial charge in [-0.1, -0.05) is 34.1 Å². The molecule has 0 bridgehead atoms. The molecule has 0 aliphatic rings. The van der Waals surface area contributed by atoms with E-state index >= 15 is 0 Å². The predicted octanol–water partition coefficient (Wildman–Crippen LogP) is 1.65. The molecule has 0 aromatic heterocycles. The van der Waals surface area contributed by atoms with Gasteiger partial charge in [0, 0.05) is 17.9 Å². The fourth-order valence-electron chi connectivity index (χ4n) is 0.942. The molecule has 0 saturated carbocycles. The Hall–Kier alpha value is -1.16. The fraction of sp³-hybridized carbons (Fsp3) is 0.200. The molecule has 0 spiro atoms. The van der Waals surface area contributed by atoms with E-state index in [1.165, 1.54) is 6.92 Å².